The highest BCUT2D eigenvalue weighted by Gasteiger charge is 1.93. The zero-order valence-corrected chi connectivity index (χ0v) is 7.47. The molecule has 64 valence electrons. The lowest BCUT2D eigenvalue weighted by atomic mass is 10.1. The van der Waals surface area contributed by atoms with Crippen LogP contribution in [0.1, 0.15) is 24.5 Å². The molecule has 0 unspecified atom stereocenters. The van der Waals surface area contributed by atoms with Gasteiger partial charge in [-0.25, -0.2) is 4.39 Å². The normalized spacial score (nSPS) is 10.9. The molecule has 1 aromatic carbocycles. The molecular weight excluding hydrogens is 151 g/mol. The quantitative estimate of drug-likeness (QED) is 0.627. The maximum atomic E-state index is 12.8. The molecule has 0 bridgehead atoms. The Balaban J connectivity index is 2.93. The van der Waals surface area contributed by atoms with E-state index in [9.17, 15) is 4.39 Å². The molecule has 0 saturated carbocycles. The second kappa shape index (κ2) is 4.05. The van der Waals surface area contributed by atoms with Crippen molar-refractivity contribution in [2.24, 2.45) is 0 Å². The molecular formula is C11H13F. The van der Waals surface area contributed by atoms with Crippen LogP contribution in [0, 0.1) is 12.7 Å². The SMILES string of the molecule is CC/C=C/c1cc(C)cc(F)c1. The van der Waals surface area contributed by atoms with Crippen molar-refractivity contribution < 1.29 is 4.39 Å². The predicted octanol–water partition coefficient (Wildman–Crippen LogP) is 3.56. The second-order valence-corrected chi connectivity index (χ2v) is 2.87. The van der Waals surface area contributed by atoms with E-state index < -0.39 is 0 Å². The lowest BCUT2D eigenvalue weighted by Crippen LogP contribution is -1.80. The van der Waals surface area contributed by atoms with Crippen molar-refractivity contribution in [1.82, 2.24) is 0 Å². The van der Waals surface area contributed by atoms with E-state index in [1.807, 2.05) is 25.1 Å². The van der Waals surface area contributed by atoms with Crippen LogP contribution in [0.2, 0.25) is 0 Å². The molecule has 0 saturated heterocycles. The van der Waals surface area contributed by atoms with Crippen LogP contribution in [0.25, 0.3) is 6.08 Å². The van der Waals surface area contributed by atoms with Gasteiger partial charge >= 0.3 is 0 Å². The van der Waals surface area contributed by atoms with E-state index >= 15 is 0 Å². The first kappa shape index (κ1) is 8.98. The Morgan fingerprint density at radius 2 is 2.08 bits per heavy atom. The Kier molecular flexibility index (Phi) is 3.03. The molecule has 1 heteroatoms. The molecule has 0 amide bonds. The molecule has 0 atom stereocenters. The topological polar surface area (TPSA) is 0 Å². The number of aryl methyl sites for hydroxylation is 1. The Morgan fingerprint density at radius 3 is 2.67 bits per heavy atom. The highest BCUT2D eigenvalue weighted by Crippen LogP contribution is 2.09. The fourth-order valence-corrected chi connectivity index (χ4v) is 1.11. The summed E-state index contributed by atoms with van der Waals surface area (Å²) >= 11 is 0. The number of hydrogen-bond acceptors (Lipinski definition) is 0. The van der Waals surface area contributed by atoms with Crippen molar-refractivity contribution in [3.63, 3.8) is 0 Å². The van der Waals surface area contributed by atoms with E-state index in [1.54, 1.807) is 6.07 Å². The van der Waals surface area contributed by atoms with Crippen LogP contribution in [-0.4, -0.2) is 0 Å². The zero-order valence-electron chi connectivity index (χ0n) is 7.47. The Morgan fingerprint density at radius 1 is 1.33 bits per heavy atom. The third-order valence-electron chi connectivity index (χ3n) is 1.61. The van der Waals surface area contributed by atoms with Gasteiger partial charge in [0.2, 0.25) is 0 Å². The fraction of sp³-hybridized carbons (Fsp3) is 0.273. The van der Waals surface area contributed by atoms with Gasteiger partial charge in [0, 0.05) is 0 Å². The first-order valence-electron chi connectivity index (χ1n) is 4.16. The van der Waals surface area contributed by atoms with Gasteiger partial charge in [-0.1, -0.05) is 25.1 Å². The standard InChI is InChI=1S/C11H13F/c1-3-4-5-10-6-9(2)7-11(12)8-10/h4-8H,3H2,1-2H3/b5-4+. The van der Waals surface area contributed by atoms with Crippen LogP contribution in [0.3, 0.4) is 0 Å². The van der Waals surface area contributed by atoms with Crippen LogP contribution in [0.15, 0.2) is 24.3 Å². The third-order valence-corrected chi connectivity index (χ3v) is 1.61. The zero-order chi connectivity index (χ0) is 8.97. The summed E-state index contributed by atoms with van der Waals surface area (Å²) in [4.78, 5) is 0. The minimum Gasteiger partial charge on any atom is -0.207 e. The maximum Gasteiger partial charge on any atom is 0.124 e. The van der Waals surface area contributed by atoms with E-state index in [0.717, 1.165) is 17.5 Å². The summed E-state index contributed by atoms with van der Waals surface area (Å²) in [5.74, 6) is -0.161. The summed E-state index contributed by atoms with van der Waals surface area (Å²) in [6.45, 7) is 3.95. The summed E-state index contributed by atoms with van der Waals surface area (Å²) in [5.41, 5.74) is 1.90. The molecule has 0 radical (unpaired) electrons. The van der Waals surface area contributed by atoms with Crippen LogP contribution in [0.4, 0.5) is 4.39 Å². The molecule has 0 heterocycles. The summed E-state index contributed by atoms with van der Waals surface area (Å²) in [6, 6.07) is 5.04. The van der Waals surface area contributed by atoms with Gasteiger partial charge < -0.3 is 0 Å². The van der Waals surface area contributed by atoms with Crippen LogP contribution in [-0.2, 0) is 0 Å². The van der Waals surface area contributed by atoms with Crippen LogP contribution >= 0.6 is 0 Å². The van der Waals surface area contributed by atoms with Crippen molar-refractivity contribution >= 4 is 6.08 Å². The van der Waals surface area contributed by atoms with Gasteiger partial charge in [0.1, 0.15) is 5.82 Å². The summed E-state index contributed by atoms with van der Waals surface area (Å²) in [6.07, 6.45) is 4.94. The molecule has 12 heavy (non-hydrogen) atoms. The summed E-state index contributed by atoms with van der Waals surface area (Å²) in [5, 5.41) is 0. The smallest absolute Gasteiger partial charge is 0.124 e. The second-order valence-electron chi connectivity index (χ2n) is 2.87. The van der Waals surface area contributed by atoms with Gasteiger partial charge in [-0.05, 0) is 36.6 Å². The molecule has 0 aliphatic rings. The summed E-state index contributed by atoms with van der Waals surface area (Å²) < 4.78 is 12.8. The molecule has 1 rings (SSSR count). The van der Waals surface area contributed by atoms with Gasteiger partial charge in [0.15, 0.2) is 0 Å². The molecule has 0 N–H and O–H groups in total. The number of benzene rings is 1. The third kappa shape index (κ3) is 2.50. The molecule has 0 aromatic heterocycles. The van der Waals surface area contributed by atoms with E-state index in [2.05, 4.69) is 6.92 Å². The molecule has 0 spiro atoms. The molecule has 1 aromatic rings. The fourth-order valence-electron chi connectivity index (χ4n) is 1.11. The Hall–Kier alpha value is -1.11. The maximum absolute atomic E-state index is 12.8. The van der Waals surface area contributed by atoms with E-state index in [0.29, 0.717) is 0 Å². The molecule has 0 fully saturated rings. The average Bonchev–Trinajstić information content (AvgIpc) is 1.99. The first-order chi connectivity index (χ1) is 5.72. The first-order valence-corrected chi connectivity index (χ1v) is 4.16. The van der Waals surface area contributed by atoms with Crippen molar-refractivity contribution in [3.05, 3.63) is 41.2 Å². The van der Waals surface area contributed by atoms with E-state index in [-0.39, 0.29) is 5.82 Å². The highest BCUT2D eigenvalue weighted by molar-refractivity contribution is 5.50. The number of allylic oxidation sites excluding steroid dienone is 1. The largest absolute Gasteiger partial charge is 0.207 e. The van der Waals surface area contributed by atoms with Gasteiger partial charge in [-0.3, -0.25) is 0 Å². The monoisotopic (exact) mass is 164 g/mol. The Bertz CT molecular complexity index is 267. The molecule has 0 aliphatic heterocycles. The van der Waals surface area contributed by atoms with Crippen molar-refractivity contribution in [2.45, 2.75) is 20.3 Å². The van der Waals surface area contributed by atoms with E-state index in [1.165, 1.54) is 6.07 Å². The number of rotatable bonds is 2. The van der Waals surface area contributed by atoms with E-state index in [4.69, 9.17) is 0 Å². The van der Waals surface area contributed by atoms with Gasteiger partial charge in [0.25, 0.3) is 0 Å². The minimum atomic E-state index is -0.161. The van der Waals surface area contributed by atoms with Gasteiger partial charge in [-0.2, -0.15) is 0 Å². The number of halogens is 1. The predicted molar refractivity (Wildman–Crippen MR) is 50.5 cm³/mol. The Labute approximate surface area is 72.7 Å². The summed E-state index contributed by atoms with van der Waals surface area (Å²) in [7, 11) is 0. The van der Waals surface area contributed by atoms with Crippen molar-refractivity contribution in [1.29, 1.82) is 0 Å². The van der Waals surface area contributed by atoms with Crippen molar-refractivity contribution in [3.8, 4) is 0 Å². The average molecular weight is 164 g/mol. The highest BCUT2D eigenvalue weighted by atomic mass is 19.1. The van der Waals surface area contributed by atoms with Crippen LogP contribution < -0.4 is 0 Å². The van der Waals surface area contributed by atoms with Crippen molar-refractivity contribution in [2.75, 3.05) is 0 Å². The number of hydrogen-bond donors (Lipinski definition) is 0. The molecule has 0 nitrogen and oxygen atoms in total. The molecule has 0 aliphatic carbocycles. The lowest BCUT2D eigenvalue weighted by Gasteiger charge is -1.96. The van der Waals surface area contributed by atoms with Gasteiger partial charge in [0.05, 0.1) is 0 Å². The van der Waals surface area contributed by atoms with Crippen LogP contribution in [0.5, 0.6) is 0 Å². The lowest BCUT2D eigenvalue weighted by molar-refractivity contribution is 0.626. The van der Waals surface area contributed by atoms with Gasteiger partial charge in [-0.15, -0.1) is 0 Å². The minimum absolute atomic E-state index is 0.161.